The number of aromatic nitrogens is 2. The molecule has 3 heterocycles. The Morgan fingerprint density at radius 1 is 0.553 bits per heavy atom. The molecule has 0 N–H and O–H groups in total. The number of fused-ring (bicyclic) bond motifs is 2. The summed E-state index contributed by atoms with van der Waals surface area (Å²) in [4.78, 5) is 10.2. The summed E-state index contributed by atoms with van der Waals surface area (Å²) in [6.07, 6.45) is 0. The fourth-order valence-electron chi connectivity index (χ4n) is 5.90. The van der Waals surface area contributed by atoms with Gasteiger partial charge in [0.2, 0.25) is 0 Å². The highest BCUT2D eigenvalue weighted by Gasteiger charge is 2.25. The highest BCUT2D eigenvalue weighted by Crippen LogP contribution is 2.50. The van der Waals surface area contributed by atoms with Crippen molar-refractivity contribution in [1.29, 1.82) is 0 Å². The van der Waals surface area contributed by atoms with Crippen LogP contribution in [-0.2, 0) is 0 Å². The van der Waals surface area contributed by atoms with Crippen LogP contribution in [0.3, 0.4) is 0 Å². The SMILES string of the molecule is c1ccc2cc(-c3nc(-c4ccc5c6c4oc4ccc7cccc(c7c46)O5)nc4ccccc34)ccc2c1. The number of benzene rings is 6. The molecule has 176 valence electrons. The van der Waals surface area contributed by atoms with Gasteiger partial charge in [-0.3, -0.25) is 0 Å². The molecule has 0 saturated carbocycles. The number of nitrogens with zero attached hydrogens (tertiary/aromatic N) is 2. The van der Waals surface area contributed by atoms with E-state index in [2.05, 4.69) is 60.7 Å². The van der Waals surface area contributed by atoms with Crippen molar-refractivity contribution in [3.8, 4) is 34.1 Å². The number of rotatable bonds is 2. The van der Waals surface area contributed by atoms with Gasteiger partial charge in [0.05, 0.1) is 22.2 Å². The van der Waals surface area contributed by atoms with Gasteiger partial charge in [-0.25, -0.2) is 9.97 Å². The number of ether oxygens (including phenoxy) is 1. The van der Waals surface area contributed by atoms with Gasteiger partial charge in [-0.1, -0.05) is 72.8 Å². The van der Waals surface area contributed by atoms with Crippen LogP contribution in [0.4, 0.5) is 0 Å². The maximum absolute atomic E-state index is 6.52. The monoisotopic (exact) mass is 486 g/mol. The Morgan fingerprint density at radius 2 is 1.37 bits per heavy atom. The molecule has 0 atom stereocenters. The van der Waals surface area contributed by atoms with Crippen molar-refractivity contribution in [3.63, 3.8) is 0 Å². The van der Waals surface area contributed by atoms with E-state index < -0.39 is 0 Å². The van der Waals surface area contributed by atoms with Crippen LogP contribution >= 0.6 is 0 Å². The summed E-state index contributed by atoms with van der Waals surface area (Å²) < 4.78 is 12.9. The van der Waals surface area contributed by atoms with Gasteiger partial charge >= 0.3 is 0 Å². The Kier molecular flexibility index (Phi) is 3.76. The Balaban J connectivity index is 1.36. The first kappa shape index (κ1) is 19.9. The van der Waals surface area contributed by atoms with Crippen LogP contribution in [-0.4, -0.2) is 9.97 Å². The van der Waals surface area contributed by atoms with Crippen LogP contribution < -0.4 is 4.74 Å². The molecule has 0 radical (unpaired) electrons. The fraction of sp³-hybridized carbons (Fsp3) is 0. The predicted octanol–water partition coefficient (Wildman–Crippen LogP) is 9.28. The van der Waals surface area contributed by atoms with Crippen LogP contribution in [0.25, 0.3) is 77.0 Å². The van der Waals surface area contributed by atoms with Crippen LogP contribution in [0.1, 0.15) is 0 Å². The third-order valence-corrected chi connectivity index (χ3v) is 7.64. The average Bonchev–Trinajstić information content (AvgIpc) is 3.37. The van der Waals surface area contributed by atoms with Gasteiger partial charge in [0, 0.05) is 21.7 Å². The molecule has 38 heavy (non-hydrogen) atoms. The van der Waals surface area contributed by atoms with Gasteiger partial charge in [0.15, 0.2) is 5.82 Å². The minimum Gasteiger partial charge on any atom is -0.456 e. The van der Waals surface area contributed by atoms with E-state index in [9.17, 15) is 0 Å². The fourth-order valence-corrected chi connectivity index (χ4v) is 5.90. The van der Waals surface area contributed by atoms with E-state index in [0.29, 0.717) is 5.82 Å². The third kappa shape index (κ3) is 2.64. The first-order chi connectivity index (χ1) is 18.8. The normalized spacial score (nSPS) is 12.4. The topological polar surface area (TPSA) is 48.2 Å². The maximum atomic E-state index is 6.52. The summed E-state index contributed by atoms with van der Waals surface area (Å²) in [6, 6.07) is 37.4. The van der Waals surface area contributed by atoms with Crippen LogP contribution in [0.2, 0.25) is 0 Å². The molecule has 4 heteroatoms. The summed E-state index contributed by atoms with van der Waals surface area (Å²) >= 11 is 0. The molecule has 1 aliphatic rings. The van der Waals surface area contributed by atoms with Gasteiger partial charge in [-0.2, -0.15) is 0 Å². The second-order valence-corrected chi connectivity index (χ2v) is 9.79. The summed E-state index contributed by atoms with van der Waals surface area (Å²) in [7, 11) is 0. The van der Waals surface area contributed by atoms with Crippen LogP contribution in [0.5, 0.6) is 11.5 Å². The molecule has 0 amide bonds. The smallest absolute Gasteiger partial charge is 0.164 e. The summed E-state index contributed by atoms with van der Waals surface area (Å²) in [5, 5.41) is 7.69. The molecule has 8 aromatic rings. The molecule has 9 rings (SSSR count). The first-order valence-corrected chi connectivity index (χ1v) is 12.7. The standard InChI is InChI=1S/C34H18N2O2/c1-2-7-21-18-22(13-12-19(21)6-1)32-23-9-3-4-10-25(23)35-34(36-32)24-15-17-28-31-30-27(38-33(24)31)16-14-20-8-5-11-26(37-28)29(20)30/h1-18H. The Labute approximate surface area is 216 Å². The number of hydrogen-bond acceptors (Lipinski definition) is 4. The van der Waals surface area contributed by atoms with E-state index in [1.165, 1.54) is 10.8 Å². The molecular weight excluding hydrogens is 468 g/mol. The van der Waals surface area contributed by atoms with E-state index in [-0.39, 0.29) is 0 Å². The molecule has 4 nitrogen and oxygen atoms in total. The lowest BCUT2D eigenvalue weighted by molar-refractivity contribution is 0.493. The molecule has 0 fully saturated rings. The zero-order chi connectivity index (χ0) is 24.8. The van der Waals surface area contributed by atoms with Gasteiger partial charge in [-0.05, 0) is 52.6 Å². The predicted molar refractivity (Wildman–Crippen MR) is 153 cm³/mol. The van der Waals surface area contributed by atoms with E-state index in [1.807, 2.05) is 48.5 Å². The van der Waals surface area contributed by atoms with Gasteiger partial charge in [0.1, 0.15) is 22.7 Å². The molecule has 0 saturated heterocycles. The summed E-state index contributed by atoms with van der Waals surface area (Å²) in [6.45, 7) is 0. The third-order valence-electron chi connectivity index (χ3n) is 7.64. The molecule has 0 spiro atoms. The molecular formula is C34H18N2O2. The van der Waals surface area contributed by atoms with Crippen LogP contribution in [0.15, 0.2) is 114 Å². The Morgan fingerprint density at radius 3 is 2.34 bits per heavy atom. The van der Waals surface area contributed by atoms with E-state index in [0.717, 1.165) is 71.9 Å². The zero-order valence-electron chi connectivity index (χ0n) is 20.1. The van der Waals surface area contributed by atoms with Crippen molar-refractivity contribution < 1.29 is 9.15 Å². The minimum absolute atomic E-state index is 0.632. The number of para-hydroxylation sites is 1. The lowest BCUT2D eigenvalue weighted by Crippen LogP contribution is -1.97. The highest BCUT2D eigenvalue weighted by molar-refractivity contribution is 6.25. The summed E-state index contributed by atoms with van der Waals surface area (Å²) in [5.41, 5.74) is 5.29. The van der Waals surface area contributed by atoms with Crippen molar-refractivity contribution in [2.45, 2.75) is 0 Å². The number of furan rings is 1. The number of hydrogen-bond donors (Lipinski definition) is 0. The second-order valence-electron chi connectivity index (χ2n) is 9.79. The zero-order valence-corrected chi connectivity index (χ0v) is 20.1. The Hall–Kier alpha value is -5.22. The molecule has 0 unspecified atom stereocenters. The molecule has 1 aliphatic heterocycles. The lowest BCUT2D eigenvalue weighted by Gasteiger charge is -2.16. The van der Waals surface area contributed by atoms with Crippen LogP contribution in [0, 0.1) is 0 Å². The largest absolute Gasteiger partial charge is 0.456 e. The van der Waals surface area contributed by atoms with Crippen molar-refractivity contribution in [3.05, 3.63) is 109 Å². The Bertz CT molecular complexity index is 2280. The summed E-state index contributed by atoms with van der Waals surface area (Å²) in [5.74, 6) is 2.29. The van der Waals surface area contributed by atoms with E-state index in [1.54, 1.807) is 0 Å². The molecule has 0 aliphatic carbocycles. The molecule has 0 bridgehead atoms. The van der Waals surface area contributed by atoms with E-state index in [4.69, 9.17) is 19.1 Å². The average molecular weight is 487 g/mol. The van der Waals surface area contributed by atoms with Gasteiger partial charge < -0.3 is 9.15 Å². The quantitative estimate of drug-likeness (QED) is 0.244. The lowest BCUT2D eigenvalue weighted by atomic mass is 9.98. The van der Waals surface area contributed by atoms with Crippen molar-refractivity contribution >= 4 is 54.4 Å². The van der Waals surface area contributed by atoms with Crippen molar-refractivity contribution in [2.24, 2.45) is 0 Å². The van der Waals surface area contributed by atoms with Crippen molar-refractivity contribution in [2.75, 3.05) is 0 Å². The van der Waals surface area contributed by atoms with E-state index >= 15 is 0 Å². The highest BCUT2D eigenvalue weighted by atomic mass is 16.5. The molecule has 6 aromatic carbocycles. The van der Waals surface area contributed by atoms with Gasteiger partial charge in [-0.15, -0.1) is 0 Å². The minimum atomic E-state index is 0.632. The maximum Gasteiger partial charge on any atom is 0.164 e. The van der Waals surface area contributed by atoms with Gasteiger partial charge in [0.25, 0.3) is 0 Å². The molecule has 2 aromatic heterocycles. The first-order valence-electron chi connectivity index (χ1n) is 12.7. The second kappa shape index (κ2) is 7.17. The van der Waals surface area contributed by atoms with Crippen molar-refractivity contribution in [1.82, 2.24) is 9.97 Å².